The molecule has 1 aliphatic heterocycles. The minimum absolute atomic E-state index is 0.114. The van der Waals surface area contributed by atoms with Crippen molar-refractivity contribution in [3.63, 3.8) is 0 Å². The third-order valence-corrected chi connectivity index (χ3v) is 4.80. The van der Waals surface area contributed by atoms with Crippen molar-refractivity contribution < 1.29 is 23.9 Å². The zero-order valence-corrected chi connectivity index (χ0v) is 19.4. The van der Waals surface area contributed by atoms with Crippen molar-refractivity contribution in [1.82, 2.24) is 15.8 Å². The van der Waals surface area contributed by atoms with Gasteiger partial charge in [-0.1, -0.05) is 56.3 Å². The van der Waals surface area contributed by atoms with Crippen LogP contribution >= 0.6 is 0 Å². The van der Waals surface area contributed by atoms with Crippen LogP contribution in [0.4, 0.5) is 4.79 Å². The molecule has 1 saturated heterocycles. The molecule has 8 nitrogen and oxygen atoms in total. The lowest BCUT2D eigenvalue weighted by Crippen LogP contribution is -2.49. The molecule has 2 atom stereocenters. The number of rotatable bonds is 9. The number of allylic oxidation sites excluding steroid dienone is 1. The van der Waals surface area contributed by atoms with Crippen molar-refractivity contribution in [3.8, 4) is 0 Å². The van der Waals surface area contributed by atoms with Crippen LogP contribution in [0.3, 0.4) is 0 Å². The molecule has 1 aromatic rings. The van der Waals surface area contributed by atoms with Crippen LogP contribution in [0.2, 0.25) is 0 Å². The van der Waals surface area contributed by atoms with E-state index in [1.807, 2.05) is 56.3 Å². The van der Waals surface area contributed by atoms with Gasteiger partial charge in [0, 0.05) is 0 Å². The number of hydrazine groups is 1. The first-order valence-corrected chi connectivity index (χ1v) is 10.8. The first-order chi connectivity index (χ1) is 15.0. The van der Waals surface area contributed by atoms with Gasteiger partial charge in [-0.3, -0.25) is 25.1 Å². The summed E-state index contributed by atoms with van der Waals surface area (Å²) >= 11 is 0. The van der Waals surface area contributed by atoms with E-state index in [-0.39, 0.29) is 12.5 Å². The van der Waals surface area contributed by atoms with Crippen LogP contribution in [0.15, 0.2) is 36.4 Å². The Balaban J connectivity index is 2.27. The SMILES string of the molecule is CC(C)CC(C(=O)NN1CC(=O)NC1=O)[C@@H](C/C=C\c1ccccc1)C(=O)OC(C)(C)C. The standard InChI is InChI=1S/C24H33N3O5/c1-16(2)14-19(21(29)26-27-15-20(28)25-23(27)31)18(22(30)32-24(3,4)5)13-9-12-17-10-7-6-8-11-17/h6-12,16,18-19H,13-15H2,1-5H3,(H,26,29)(H,25,28,31)/b12-9-/t18-,19?/m1/s1. The molecule has 32 heavy (non-hydrogen) atoms. The molecule has 0 aliphatic carbocycles. The highest BCUT2D eigenvalue weighted by atomic mass is 16.6. The summed E-state index contributed by atoms with van der Waals surface area (Å²) in [4.78, 5) is 49.6. The van der Waals surface area contributed by atoms with Crippen LogP contribution in [-0.2, 0) is 19.1 Å². The van der Waals surface area contributed by atoms with E-state index in [0.717, 1.165) is 10.6 Å². The van der Waals surface area contributed by atoms with Crippen molar-refractivity contribution in [2.45, 2.75) is 53.1 Å². The third-order valence-electron chi connectivity index (χ3n) is 4.80. The molecule has 1 aromatic carbocycles. The average molecular weight is 444 g/mol. The second-order valence-corrected chi connectivity index (χ2v) is 9.34. The lowest BCUT2D eigenvalue weighted by atomic mass is 9.82. The fourth-order valence-corrected chi connectivity index (χ4v) is 3.43. The molecule has 1 unspecified atom stereocenters. The van der Waals surface area contributed by atoms with Gasteiger partial charge in [0.2, 0.25) is 11.8 Å². The van der Waals surface area contributed by atoms with E-state index < -0.39 is 41.3 Å². The molecule has 8 heteroatoms. The molecule has 0 spiro atoms. The Kier molecular flexibility index (Phi) is 8.57. The van der Waals surface area contributed by atoms with Gasteiger partial charge >= 0.3 is 12.0 Å². The molecule has 0 saturated carbocycles. The zero-order chi connectivity index (χ0) is 23.9. The van der Waals surface area contributed by atoms with Crippen LogP contribution in [0, 0.1) is 17.8 Å². The highest BCUT2D eigenvalue weighted by Crippen LogP contribution is 2.28. The van der Waals surface area contributed by atoms with Crippen molar-refractivity contribution in [1.29, 1.82) is 0 Å². The monoisotopic (exact) mass is 443 g/mol. The summed E-state index contributed by atoms with van der Waals surface area (Å²) in [7, 11) is 0. The Morgan fingerprint density at radius 2 is 1.81 bits per heavy atom. The van der Waals surface area contributed by atoms with Crippen LogP contribution in [0.25, 0.3) is 6.08 Å². The second kappa shape index (κ2) is 10.9. The number of imide groups is 1. The van der Waals surface area contributed by atoms with E-state index in [1.54, 1.807) is 20.8 Å². The summed E-state index contributed by atoms with van der Waals surface area (Å²) in [5.41, 5.74) is 2.77. The topological polar surface area (TPSA) is 105 Å². The number of amides is 4. The van der Waals surface area contributed by atoms with Crippen LogP contribution in [0.5, 0.6) is 0 Å². The molecular formula is C24H33N3O5. The molecule has 1 heterocycles. The molecule has 2 N–H and O–H groups in total. The van der Waals surface area contributed by atoms with Gasteiger partial charge in [-0.15, -0.1) is 0 Å². The highest BCUT2D eigenvalue weighted by molar-refractivity contribution is 6.02. The van der Waals surface area contributed by atoms with Gasteiger partial charge in [0.1, 0.15) is 12.1 Å². The van der Waals surface area contributed by atoms with Crippen LogP contribution in [0.1, 0.15) is 53.0 Å². The number of urea groups is 1. The maximum Gasteiger partial charge on any atom is 0.343 e. The summed E-state index contributed by atoms with van der Waals surface area (Å²) in [6.45, 7) is 8.99. The van der Waals surface area contributed by atoms with E-state index in [1.165, 1.54) is 0 Å². The number of carbonyl (C=O) groups is 4. The number of hydrogen-bond donors (Lipinski definition) is 2. The smallest absolute Gasteiger partial charge is 0.343 e. The Hall–Kier alpha value is -3.16. The molecule has 0 aromatic heterocycles. The number of nitrogens with zero attached hydrogens (tertiary/aromatic N) is 1. The Bertz CT molecular complexity index is 858. The third kappa shape index (κ3) is 7.83. The summed E-state index contributed by atoms with van der Waals surface area (Å²) in [6.07, 6.45) is 4.46. The molecular weight excluding hydrogens is 410 g/mol. The first-order valence-electron chi connectivity index (χ1n) is 10.8. The summed E-state index contributed by atoms with van der Waals surface area (Å²) in [6, 6.07) is 8.96. The minimum Gasteiger partial charge on any atom is -0.460 e. The largest absolute Gasteiger partial charge is 0.460 e. The minimum atomic E-state index is -0.752. The summed E-state index contributed by atoms with van der Waals surface area (Å²) in [5, 5.41) is 3.05. The quantitative estimate of drug-likeness (QED) is 0.450. The fraction of sp³-hybridized carbons (Fsp3) is 0.500. The molecule has 1 aliphatic rings. The van der Waals surface area contributed by atoms with Crippen LogP contribution < -0.4 is 10.7 Å². The average Bonchev–Trinajstić information content (AvgIpc) is 2.99. The molecule has 174 valence electrons. The molecule has 2 rings (SSSR count). The van der Waals surface area contributed by atoms with E-state index in [9.17, 15) is 19.2 Å². The van der Waals surface area contributed by atoms with Gasteiger partial charge < -0.3 is 4.74 Å². The Labute approximate surface area is 189 Å². The zero-order valence-electron chi connectivity index (χ0n) is 19.4. The van der Waals surface area contributed by atoms with Gasteiger partial charge in [-0.05, 0) is 45.1 Å². The summed E-state index contributed by atoms with van der Waals surface area (Å²) in [5.74, 6) is -2.84. The van der Waals surface area contributed by atoms with E-state index >= 15 is 0 Å². The maximum atomic E-state index is 13.2. The van der Waals surface area contributed by atoms with Gasteiger partial charge in [-0.2, -0.15) is 0 Å². The number of carbonyl (C=O) groups excluding carboxylic acids is 4. The maximum absolute atomic E-state index is 13.2. The van der Waals surface area contributed by atoms with Crippen molar-refractivity contribution in [2.75, 3.05) is 6.54 Å². The number of nitrogens with one attached hydrogen (secondary N) is 2. The van der Waals surface area contributed by atoms with E-state index in [0.29, 0.717) is 12.8 Å². The molecule has 0 bridgehead atoms. The van der Waals surface area contributed by atoms with Crippen molar-refractivity contribution in [2.24, 2.45) is 17.8 Å². The molecule has 4 amide bonds. The van der Waals surface area contributed by atoms with Gasteiger partial charge in [-0.25, -0.2) is 9.80 Å². The number of ether oxygens (including phenoxy) is 1. The molecule has 0 radical (unpaired) electrons. The molecule has 1 fully saturated rings. The van der Waals surface area contributed by atoms with Crippen LogP contribution in [-0.4, -0.2) is 41.0 Å². The second-order valence-electron chi connectivity index (χ2n) is 9.34. The lowest BCUT2D eigenvalue weighted by molar-refractivity contribution is -0.164. The normalized spacial score (nSPS) is 16.2. The number of benzene rings is 1. The Morgan fingerprint density at radius 3 is 2.34 bits per heavy atom. The van der Waals surface area contributed by atoms with Gasteiger partial charge in [0.25, 0.3) is 0 Å². The fourth-order valence-electron chi connectivity index (χ4n) is 3.43. The first kappa shape index (κ1) is 25.1. The predicted molar refractivity (Wildman–Crippen MR) is 121 cm³/mol. The van der Waals surface area contributed by atoms with E-state index in [2.05, 4.69) is 10.7 Å². The Morgan fingerprint density at radius 1 is 1.16 bits per heavy atom. The highest BCUT2D eigenvalue weighted by Gasteiger charge is 2.38. The van der Waals surface area contributed by atoms with Crippen molar-refractivity contribution >= 4 is 29.9 Å². The van der Waals surface area contributed by atoms with E-state index in [4.69, 9.17) is 4.74 Å². The lowest BCUT2D eigenvalue weighted by Gasteiger charge is -2.30. The summed E-state index contributed by atoms with van der Waals surface area (Å²) < 4.78 is 5.62. The predicted octanol–water partition coefficient (Wildman–Crippen LogP) is 3.29. The van der Waals surface area contributed by atoms with Gasteiger partial charge in [0.15, 0.2) is 0 Å². The van der Waals surface area contributed by atoms with Gasteiger partial charge in [0.05, 0.1) is 11.8 Å². The van der Waals surface area contributed by atoms with Crippen molar-refractivity contribution in [3.05, 3.63) is 42.0 Å². The number of hydrogen-bond acceptors (Lipinski definition) is 5. The number of esters is 1.